The molecule has 1 N–H and O–H groups in total. The Morgan fingerprint density at radius 1 is 1.58 bits per heavy atom. The highest BCUT2D eigenvalue weighted by Gasteiger charge is 2.12. The Morgan fingerprint density at radius 2 is 2.37 bits per heavy atom. The first-order valence-electron chi connectivity index (χ1n) is 5.59. The second-order valence-corrected chi connectivity index (χ2v) is 4.48. The maximum absolute atomic E-state index is 10.7. The van der Waals surface area contributed by atoms with Crippen molar-refractivity contribution < 1.29 is 4.92 Å². The molecule has 100 valence electrons. The van der Waals surface area contributed by atoms with Gasteiger partial charge in [0.25, 0.3) is 5.69 Å². The van der Waals surface area contributed by atoms with E-state index in [1.54, 1.807) is 12.5 Å². The van der Waals surface area contributed by atoms with Crippen molar-refractivity contribution in [2.75, 3.05) is 5.32 Å². The average Bonchev–Trinajstić information content (AvgIpc) is 2.80. The summed E-state index contributed by atoms with van der Waals surface area (Å²) in [5.41, 5.74) is -0.0858. The summed E-state index contributed by atoms with van der Waals surface area (Å²) in [5.74, 6) is 0.381. The standard InChI is InChI=1S/C11H12ClN5O2/c1-8(6-16-3-2-13-7-16)14-11-5-9(17(18)19)4-10(12)15-11/h2-5,7-8H,6H2,1H3,(H,14,15). The molecule has 0 amide bonds. The average molecular weight is 282 g/mol. The molecular formula is C11H12ClN5O2. The summed E-state index contributed by atoms with van der Waals surface area (Å²) in [6.45, 7) is 2.61. The molecule has 0 aromatic carbocycles. The van der Waals surface area contributed by atoms with Crippen molar-refractivity contribution >= 4 is 23.1 Å². The number of imidazole rings is 1. The first-order valence-corrected chi connectivity index (χ1v) is 5.96. The van der Waals surface area contributed by atoms with Crippen LogP contribution < -0.4 is 5.32 Å². The predicted octanol–water partition coefficient (Wildman–Crippen LogP) is 2.34. The first-order chi connectivity index (χ1) is 9.04. The van der Waals surface area contributed by atoms with Crippen molar-refractivity contribution in [3.63, 3.8) is 0 Å². The second kappa shape index (κ2) is 5.66. The highest BCUT2D eigenvalue weighted by Crippen LogP contribution is 2.21. The van der Waals surface area contributed by atoms with Crippen LogP contribution in [0.2, 0.25) is 5.15 Å². The Morgan fingerprint density at radius 3 is 3.00 bits per heavy atom. The zero-order chi connectivity index (χ0) is 13.8. The monoisotopic (exact) mass is 281 g/mol. The van der Waals surface area contributed by atoms with Crippen LogP contribution in [0.5, 0.6) is 0 Å². The highest BCUT2D eigenvalue weighted by molar-refractivity contribution is 6.29. The number of rotatable bonds is 5. The molecule has 0 radical (unpaired) electrons. The molecule has 2 heterocycles. The Balaban J connectivity index is 2.08. The van der Waals surface area contributed by atoms with Crippen molar-refractivity contribution in [3.8, 4) is 0 Å². The maximum atomic E-state index is 10.7. The van der Waals surface area contributed by atoms with Crippen LogP contribution in [-0.2, 0) is 6.54 Å². The Bertz CT molecular complexity index is 572. The van der Waals surface area contributed by atoms with Crippen molar-refractivity contribution in [2.24, 2.45) is 0 Å². The number of halogens is 1. The summed E-state index contributed by atoms with van der Waals surface area (Å²) < 4.78 is 1.90. The van der Waals surface area contributed by atoms with Crippen molar-refractivity contribution in [1.29, 1.82) is 0 Å². The van der Waals surface area contributed by atoms with Crippen LogP contribution in [0.1, 0.15) is 6.92 Å². The van der Waals surface area contributed by atoms with E-state index in [9.17, 15) is 10.1 Å². The number of nitrogens with one attached hydrogen (secondary N) is 1. The topological polar surface area (TPSA) is 85.9 Å². The Kier molecular flexibility index (Phi) is 3.96. The third-order valence-electron chi connectivity index (χ3n) is 2.43. The minimum atomic E-state index is -0.501. The van der Waals surface area contributed by atoms with E-state index in [1.807, 2.05) is 17.7 Å². The second-order valence-electron chi connectivity index (χ2n) is 4.10. The van der Waals surface area contributed by atoms with Gasteiger partial charge in [0.2, 0.25) is 0 Å². The smallest absolute Gasteiger partial charge is 0.276 e. The summed E-state index contributed by atoms with van der Waals surface area (Å²) in [6.07, 6.45) is 5.23. The van der Waals surface area contributed by atoms with Gasteiger partial charge in [-0.3, -0.25) is 10.1 Å². The van der Waals surface area contributed by atoms with Gasteiger partial charge in [-0.2, -0.15) is 0 Å². The molecule has 0 saturated heterocycles. The molecule has 0 bridgehead atoms. The molecule has 19 heavy (non-hydrogen) atoms. The maximum Gasteiger partial charge on any atom is 0.276 e. The quantitative estimate of drug-likeness (QED) is 0.516. The lowest BCUT2D eigenvalue weighted by Crippen LogP contribution is -2.21. The van der Waals surface area contributed by atoms with E-state index in [4.69, 9.17) is 11.6 Å². The summed E-state index contributed by atoms with van der Waals surface area (Å²) >= 11 is 5.75. The fourth-order valence-electron chi connectivity index (χ4n) is 1.67. The molecule has 0 aliphatic rings. The minimum Gasteiger partial charge on any atom is -0.366 e. The molecule has 2 rings (SSSR count). The van der Waals surface area contributed by atoms with Gasteiger partial charge in [-0.25, -0.2) is 9.97 Å². The van der Waals surface area contributed by atoms with Gasteiger partial charge in [0, 0.05) is 25.0 Å². The highest BCUT2D eigenvalue weighted by atomic mass is 35.5. The Labute approximate surface area is 114 Å². The zero-order valence-electron chi connectivity index (χ0n) is 10.2. The molecular weight excluding hydrogens is 270 g/mol. The van der Waals surface area contributed by atoms with E-state index in [2.05, 4.69) is 15.3 Å². The van der Waals surface area contributed by atoms with Crippen LogP contribution in [0.4, 0.5) is 11.5 Å². The summed E-state index contributed by atoms with van der Waals surface area (Å²) in [4.78, 5) is 18.2. The van der Waals surface area contributed by atoms with Crippen LogP contribution in [-0.4, -0.2) is 25.5 Å². The van der Waals surface area contributed by atoms with E-state index in [0.29, 0.717) is 12.4 Å². The predicted molar refractivity (Wildman–Crippen MR) is 71.2 cm³/mol. The normalized spacial score (nSPS) is 12.1. The third kappa shape index (κ3) is 3.65. The zero-order valence-corrected chi connectivity index (χ0v) is 10.9. The van der Waals surface area contributed by atoms with Gasteiger partial charge < -0.3 is 9.88 Å². The summed E-state index contributed by atoms with van der Waals surface area (Å²) in [5, 5.41) is 13.9. The minimum absolute atomic E-state index is 0.0276. The molecule has 2 aromatic rings. The van der Waals surface area contributed by atoms with Crippen LogP contribution in [0.15, 0.2) is 30.9 Å². The summed E-state index contributed by atoms with van der Waals surface area (Å²) in [6, 6.07) is 2.60. The van der Waals surface area contributed by atoms with Gasteiger partial charge >= 0.3 is 0 Å². The van der Waals surface area contributed by atoms with Gasteiger partial charge in [0.05, 0.1) is 23.4 Å². The van der Waals surface area contributed by atoms with Crippen molar-refractivity contribution in [2.45, 2.75) is 19.5 Å². The van der Waals surface area contributed by atoms with Crippen LogP contribution >= 0.6 is 11.6 Å². The molecule has 2 aromatic heterocycles. The molecule has 0 aliphatic heterocycles. The number of aromatic nitrogens is 3. The number of nitro groups is 1. The summed E-state index contributed by atoms with van der Waals surface area (Å²) in [7, 11) is 0. The molecule has 0 spiro atoms. The van der Waals surface area contributed by atoms with Crippen molar-refractivity contribution in [3.05, 3.63) is 46.1 Å². The molecule has 0 saturated carbocycles. The van der Waals surface area contributed by atoms with Crippen LogP contribution in [0.25, 0.3) is 0 Å². The lowest BCUT2D eigenvalue weighted by atomic mass is 10.3. The van der Waals surface area contributed by atoms with E-state index < -0.39 is 4.92 Å². The molecule has 1 unspecified atom stereocenters. The molecule has 8 heteroatoms. The van der Waals surface area contributed by atoms with Crippen molar-refractivity contribution in [1.82, 2.24) is 14.5 Å². The van der Waals surface area contributed by atoms with E-state index in [0.717, 1.165) is 0 Å². The Hall–Kier alpha value is -2.15. The van der Waals surface area contributed by atoms with Gasteiger partial charge in [-0.05, 0) is 6.92 Å². The lowest BCUT2D eigenvalue weighted by Gasteiger charge is -2.14. The lowest BCUT2D eigenvalue weighted by molar-refractivity contribution is -0.384. The SMILES string of the molecule is CC(Cn1ccnc1)Nc1cc([N+](=O)[O-])cc(Cl)n1. The van der Waals surface area contributed by atoms with Gasteiger partial charge in [0.1, 0.15) is 11.0 Å². The molecule has 7 nitrogen and oxygen atoms in total. The number of nitrogens with zero attached hydrogens (tertiary/aromatic N) is 4. The van der Waals surface area contributed by atoms with E-state index >= 15 is 0 Å². The number of anilines is 1. The fraction of sp³-hybridized carbons (Fsp3) is 0.273. The van der Waals surface area contributed by atoms with Gasteiger partial charge in [0.15, 0.2) is 0 Å². The number of hydrogen-bond donors (Lipinski definition) is 1. The molecule has 0 fully saturated rings. The first kappa shape index (κ1) is 13.3. The number of hydrogen-bond acceptors (Lipinski definition) is 5. The van der Waals surface area contributed by atoms with Crippen LogP contribution in [0.3, 0.4) is 0 Å². The largest absolute Gasteiger partial charge is 0.366 e. The molecule has 0 aliphatic carbocycles. The van der Waals surface area contributed by atoms with Gasteiger partial charge in [-0.15, -0.1) is 0 Å². The number of pyridine rings is 1. The van der Waals surface area contributed by atoms with E-state index in [1.165, 1.54) is 12.1 Å². The van der Waals surface area contributed by atoms with E-state index in [-0.39, 0.29) is 16.9 Å². The molecule has 1 atom stereocenters. The van der Waals surface area contributed by atoms with Crippen LogP contribution in [0, 0.1) is 10.1 Å². The third-order valence-corrected chi connectivity index (χ3v) is 2.62. The van der Waals surface area contributed by atoms with Gasteiger partial charge in [-0.1, -0.05) is 11.6 Å². The fourth-order valence-corrected chi connectivity index (χ4v) is 1.87.